The quantitative estimate of drug-likeness (QED) is 0.797. The van der Waals surface area contributed by atoms with Crippen molar-refractivity contribution >= 4 is 0 Å². The van der Waals surface area contributed by atoms with Gasteiger partial charge in [-0.2, -0.15) is 9.78 Å². The van der Waals surface area contributed by atoms with E-state index >= 15 is 0 Å². The fourth-order valence-corrected chi connectivity index (χ4v) is 1.75. The normalized spacial score (nSPS) is 10.6. The zero-order valence-corrected chi connectivity index (χ0v) is 10.8. The van der Waals surface area contributed by atoms with E-state index in [4.69, 9.17) is 0 Å². The van der Waals surface area contributed by atoms with Crippen LogP contribution in [0.25, 0.3) is 5.69 Å². The topological polar surface area (TPSA) is 67.2 Å². The largest absolute Gasteiger partial charge is 0.506 e. The molecule has 0 aliphatic carbocycles. The molecule has 5 nitrogen and oxygen atoms in total. The minimum Gasteiger partial charge on any atom is -0.506 e. The molecule has 5 heteroatoms. The molecule has 0 saturated heterocycles. The smallest absolute Gasteiger partial charge is 0.275 e. The zero-order valence-electron chi connectivity index (χ0n) is 10.8. The van der Waals surface area contributed by atoms with Crippen LogP contribution >= 0.6 is 0 Å². The number of benzene rings is 1. The Balaban J connectivity index is 2.34. The number of nitrogens with zero attached hydrogens (tertiary/aromatic N) is 2. The molecular weight excluding hydrogens is 242 g/mol. The number of hydrogen-bond donors (Lipinski definition) is 2. The molecule has 1 aromatic carbocycles. The van der Waals surface area contributed by atoms with E-state index in [0.717, 1.165) is 13.0 Å². The van der Waals surface area contributed by atoms with Crippen LogP contribution in [-0.4, -0.2) is 21.4 Å². The Morgan fingerprint density at radius 2 is 2.05 bits per heavy atom. The van der Waals surface area contributed by atoms with Crippen molar-refractivity contribution in [2.45, 2.75) is 19.9 Å². The van der Waals surface area contributed by atoms with E-state index in [0.29, 0.717) is 17.9 Å². The van der Waals surface area contributed by atoms with Crippen molar-refractivity contribution < 1.29 is 5.11 Å². The second-order valence-electron chi connectivity index (χ2n) is 4.24. The van der Waals surface area contributed by atoms with E-state index in [2.05, 4.69) is 17.3 Å². The van der Waals surface area contributed by atoms with Crippen molar-refractivity contribution in [3.8, 4) is 11.4 Å². The Labute approximate surface area is 111 Å². The molecule has 0 amide bonds. The molecule has 0 radical (unpaired) electrons. The van der Waals surface area contributed by atoms with Gasteiger partial charge < -0.3 is 10.4 Å². The van der Waals surface area contributed by atoms with Crippen molar-refractivity contribution in [3.63, 3.8) is 0 Å². The third-order valence-electron chi connectivity index (χ3n) is 2.71. The lowest BCUT2D eigenvalue weighted by Crippen LogP contribution is -2.24. The molecule has 2 rings (SSSR count). The molecule has 0 spiro atoms. The van der Waals surface area contributed by atoms with Crippen molar-refractivity contribution in [2.24, 2.45) is 0 Å². The first-order valence-corrected chi connectivity index (χ1v) is 6.30. The first kappa shape index (κ1) is 13.3. The summed E-state index contributed by atoms with van der Waals surface area (Å²) in [6, 6.07) is 10.3. The summed E-state index contributed by atoms with van der Waals surface area (Å²) in [6.45, 7) is 3.34. The van der Waals surface area contributed by atoms with Gasteiger partial charge in [-0.05, 0) is 25.1 Å². The van der Waals surface area contributed by atoms with Crippen LogP contribution in [0.15, 0.2) is 41.2 Å². The highest BCUT2D eigenvalue weighted by molar-refractivity contribution is 5.32. The maximum absolute atomic E-state index is 11.8. The summed E-state index contributed by atoms with van der Waals surface area (Å²) >= 11 is 0. The number of aromatic hydroxyl groups is 1. The van der Waals surface area contributed by atoms with Gasteiger partial charge in [-0.25, -0.2) is 0 Å². The molecule has 2 N–H and O–H groups in total. The molecule has 0 aliphatic rings. The van der Waals surface area contributed by atoms with Gasteiger partial charge in [-0.15, -0.1) is 0 Å². The highest BCUT2D eigenvalue weighted by atomic mass is 16.3. The van der Waals surface area contributed by atoms with Crippen LogP contribution in [0, 0.1) is 0 Å². The van der Waals surface area contributed by atoms with Gasteiger partial charge in [-0.3, -0.25) is 4.79 Å². The summed E-state index contributed by atoms with van der Waals surface area (Å²) in [5.74, 6) is -0.0687. The molecule has 0 bridgehead atoms. The second kappa shape index (κ2) is 6.15. The third kappa shape index (κ3) is 3.20. The zero-order chi connectivity index (χ0) is 13.7. The molecule has 0 saturated carbocycles. The SMILES string of the molecule is CCCNCc1nn(-c2ccccc2)c(=O)cc1O. The number of rotatable bonds is 5. The first-order chi connectivity index (χ1) is 9.22. The van der Waals surface area contributed by atoms with Gasteiger partial charge in [0.25, 0.3) is 5.56 Å². The van der Waals surface area contributed by atoms with Crippen LogP contribution in [0.1, 0.15) is 19.0 Å². The lowest BCUT2D eigenvalue weighted by molar-refractivity contribution is 0.451. The van der Waals surface area contributed by atoms with E-state index in [1.54, 1.807) is 12.1 Å². The van der Waals surface area contributed by atoms with Crippen LogP contribution in [-0.2, 0) is 6.54 Å². The Hall–Kier alpha value is -2.14. The Bertz CT molecular complexity index is 593. The fourth-order valence-electron chi connectivity index (χ4n) is 1.75. The molecular formula is C14H17N3O2. The maximum Gasteiger partial charge on any atom is 0.275 e. The van der Waals surface area contributed by atoms with Gasteiger partial charge in [0, 0.05) is 12.6 Å². The molecule has 0 atom stereocenters. The highest BCUT2D eigenvalue weighted by Crippen LogP contribution is 2.12. The summed E-state index contributed by atoms with van der Waals surface area (Å²) in [4.78, 5) is 11.8. The molecule has 2 aromatic rings. The molecule has 1 heterocycles. The maximum atomic E-state index is 11.8. The minimum absolute atomic E-state index is 0.0687. The fraction of sp³-hybridized carbons (Fsp3) is 0.286. The highest BCUT2D eigenvalue weighted by Gasteiger charge is 2.08. The predicted molar refractivity (Wildman–Crippen MR) is 73.5 cm³/mol. The molecule has 0 unspecified atom stereocenters. The van der Waals surface area contributed by atoms with E-state index in [-0.39, 0.29) is 11.3 Å². The average Bonchev–Trinajstić information content (AvgIpc) is 2.42. The lowest BCUT2D eigenvalue weighted by atomic mass is 10.3. The number of hydrogen-bond acceptors (Lipinski definition) is 4. The van der Waals surface area contributed by atoms with E-state index in [1.165, 1.54) is 10.7 Å². The average molecular weight is 259 g/mol. The van der Waals surface area contributed by atoms with Gasteiger partial charge in [-0.1, -0.05) is 25.1 Å². The Morgan fingerprint density at radius 1 is 1.32 bits per heavy atom. The van der Waals surface area contributed by atoms with Crippen LogP contribution in [0.3, 0.4) is 0 Å². The molecule has 19 heavy (non-hydrogen) atoms. The first-order valence-electron chi connectivity index (χ1n) is 6.30. The minimum atomic E-state index is -0.344. The van der Waals surface area contributed by atoms with E-state index < -0.39 is 0 Å². The van der Waals surface area contributed by atoms with Crippen LogP contribution in [0.4, 0.5) is 0 Å². The van der Waals surface area contributed by atoms with Crippen LogP contribution in [0.5, 0.6) is 5.75 Å². The summed E-state index contributed by atoms with van der Waals surface area (Å²) in [5, 5.41) is 17.1. The predicted octanol–water partition coefficient (Wildman–Crippen LogP) is 1.44. The van der Waals surface area contributed by atoms with Crippen molar-refractivity contribution in [2.75, 3.05) is 6.54 Å². The molecule has 1 aromatic heterocycles. The van der Waals surface area contributed by atoms with Gasteiger partial charge >= 0.3 is 0 Å². The molecule has 100 valence electrons. The van der Waals surface area contributed by atoms with E-state index in [9.17, 15) is 9.90 Å². The Kier molecular flexibility index (Phi) is 4.30. The lowest BCUT2D eigenvalue weighted by Gasteiger charge is -2.09. The van der Waals surface area contributed by atoms with Crippen LogP contribution < -0.4 is 10.9 Å². The number of para-hydroxylation sites is 1. The van der Waals surface area contributed by atoms with E-state index in [1.807, 2.05) is 18.2 Å². The monoisotopic (exact) mass is 259 g/mol. The van der Waals surface area contributed by atoms with Crippen molar-refractivity contribution in [3.05, 3.63) is 52.4 Å². The van der Waals surface area contributed by atoms with Gasteiger partial charge in [0.1, 0.15) is 11.4 Å². The van der Waals surface area contributed by atoms with Crippen LogP contribution in [0.2, 0.25) is 0 Å². The number of nitrogens with one attached hydrogen (secondary N) is 1. The third-order valence-corrected chi connectivity index (χ3v) is 2.71. The summed E-state index contributed by atoms with van der Waals surface area (Å²) in [6.07, 6.45) is 0.999. The molecule has 0 fully saturated rings. The van der Waals surface area contributed by atoms with Gasteiger partial charge in [0.2, 0.25) is 0 Å². The Morgan fingerprint density at radius 3 is 2.74 bits per heavy atom. The summed E-state index contributed by atoms with van der Waals surface area (Å²) in [5.41, 5.74) is 0.809. The van der Waals surface area contributed by atoms with Gasteiger partial charge in [0.05, 0.1) is 5.69 Å². The number of aromatic nitrogens is 2. The summed E-state index contributed by atoms with van der Waals surface area (Å²) in [7, 11) is 0. The van der Waals surface area contributed by atoms with Crippen molar-refractivity contribution in [1.82, 2.24) is 15.1 Å². The standard InChI is InChI=1S/C14H17N3O2/c1-2-8-15-10-12-13(18)9-14(19)17(16-12)11-6-4-3-5-7-11/h3-7,9,15,18H,2,8,10H2,1H3. The van der Waals surface area contributed by atoms with Crippen molar-refractivity contribution in [1.29, 1.82) is 0 Å². The molecule has 0 aliphatic heterocycles. The van der Waals surface area contributed by atoms with Gasteiger partial charge in [0.15, 0.2) is 0 Å². The second-order valence-corrected chi connectivity index (χ2v) is 4.24. The summed E-state index contributed by atoms with van der Waals surface area (Å²) < 4.78 is 1.29.